The van der Waals surface area contributed by atoms with Crippen molar-refractivity contribution in [3.05, 3.63) is 39.9 Å². The van der Waals surface area contributed by atoms with Crippen LogP contribution in [0.1, 0.15) is 4.88 Å². The van der Waals surface area contributed by atoms with Gasteiger partial charge < -0.3 is 10.6 Å². The molecule has 0 radical (unpaired) electrons. The second kappa shape index (κ2) is 8.28. The van der Waals surface area contributed by atoms with Gasteiger partial charge in [-0.3, -0.25) is 4.99 Å². The largest absolute Gasteiger partial charge is 0.355 e. The Morgan fingerprint density at radius 1 is 1.14 bits per heavy atom. The van der Waals surface area contributed by atoms with E-state index >= 15 is 0 Å². The van der Waals surface area contributed by atoms with Gasteiger partial charge in [-0.15, -0.1) is 22.7 Å². The van der Waals surface area contributed by atoms with Gasteiger partial charge in [0.15, 0.2) is 5.96 Å². The number of nitrogens with zero attached hydrogens (tertiary/aromatic N) is 1. The Hall–Kier alpha value is -1.42. The van der Waals surface area contributed by atoms with Crippen LogP contribution in [0.3, 0.4) is 0 Å². The van der Waals surface area contributed by atoms with Crippen molar-refractivity contribution in [3.63, 3.8) is 0 Å². The molecular formula is C13H18N4O2S3. The van der Waals surface area contributed by atoms with E-state index in [9.17, 15) is 8.42 Å². The first-order valence-corrected chi connectivity index (χ1v) is 9.86. The molecule has 0 fully saturated rings. The van der Waals surface area contributed by atoms with Gasteiger partial charge in [0.2, 0.25) is 10.0 Å². The quantitative estimate of drug-likeness (QED) is 0.397. The predicted molar refractivity (Wildman–Crippen MR) is 92.0 cm³/mol. The number of nitrogens with one attached hydrogen (secondary N) is 3. The summed E-state index contributed by atoms with van der Waals surface area (Å²) in [4.78, 5) is 5.30. The Kier molecular flexibility index (Phi) is 6.37. The summed E-state index contributed by atoms with van der Waals surface area (Å²) in [6.07, 6.45) is 0. The summed E-state index contributed by atoms with van der Waals surface area (Å²) in [5, 5.41) is 10.0. The molecule has 2 aromatic rings. The zero-order chi connectivity index (χ0) is 15.8. The second-order valence-electron chi connectivity index (χ2n) is 4.26. The van der Waals surface area contributed by atoms with E-state index in [0.29, 0.717) is 29.8 Å². The highest BCUT2D eigenvalue weighted by atomic mass is 32.2. The third-order valence-corrected chi connectivity index (χ3v) is 6.44. The minimum atomic E-state index is -3.40. The first-order valence-electron chi connectivity index (χ1n) is 6.62. The van der Waals surface area contributed by atoms with Gasteiger partial charge in [-0.1, -0.05) is 12.1 Å². The fraction of sp³-hybridized carbons (Fsp3) is 0.308. The van der Waals surface area contributed by atoms with Crippen molar-refractivity contribution in [3.8, 4) is 0 Å². The van der Waals surface area contributed by atoms with Crippen LogP contribution < -0.4 is 15.4 Å². The average Bonchev–Trinajstić information content (AvgIpc) is 3.20. The van der Waals surface area contributed by atoms with Gasteiger partial charge in [0.25, 0.3) is 0 Å². The molecule has 0 aliphatic carbocycles. The zero-order valence-electron chi connectivity index (χ0n) is 12.1. The molecule has 6 nitrogen and oxygen atoms in total. The van der Waals surface area contributed by atoms with Crippen LogP contribution in [-0.4, -0.2) is 34.5 Å². The van der Waals surface area contributed by atoms with Crippen LogP contribution in [0.5, 0.6) is 0 Å². The third-order valence-electron chi connectivity index (χ3n) is 2.70. The number of thiophene rings is 2. The lowest BCUT2D eigenvalue weighted by Gasteiger charge is -2.11. The first kappa shape index (κ1) is 16.9. The van der Waals surface area contributed by atoms with E-state index in [1.54, 1.807) is 35.9 Å². The van der Waals surface area contributed by atoms with Crippen molar-refractivity contribution < 1.29 is 8.42 Å². The van der Waals surface area contributed by atoms with E-state index in [1.807, 2.05) is 17.5 Å². The lowest BCUT2D eigenvalue weighted by molar-refractivity contribution is 0.582. The SMILES string of the molecule is CN=C(NCCNS(=O)(=O)c1cccs1)NCc1cccs1. The number of guanidine groups is 1. The Labute approximate surface area is 138 Å². The summed E-state index contributed by atoms with van der Waals surface area (Å²) in [7, 11) is -1.72. The van der Waals surface area contributed by atoms with Gasteiger partial charge >= 0.3 is 0 Å². The number of hydrogen-bond acceptors (Lipinski definition) is 5. The van der Waals surface area contributed by atoms with Crippen molar-refractivity contribution >= 4 is 38.7 Å². The molecule has 2 heterocycles. The standard InChI is InChI=1S/C13H18N4O2S3/c1-14-13(16-10-11-4-2-8-20-11)15-6-7-17-22(18,19)12-5-3-9-21-12/h2-5,8-9,17H,6-7,10H2,1H3,(H2,14,15,16). The molecule has 0 aliphatic rings. The van der Waals surface area contributed by atoms with Crippen LogP contribution in [-0.2, 0) is 16.6 Å². The van der Waals surface area contributed by atoms with Crippen LogP contribution in [0.15, 0.2) is 44.2 Å². The summed E-state index contributed by atoms with van der Waals surface area (Å²) in [6, 6.07) is 7.34. The number of hydrogen-bond donors (Lipinski definition) is 3. The highest BCUT2D eigenvalue weighted by molar-refractivity contribution is 7.91. The maximum atomic E-state index is 11.9. The van der Waals surface area contributed by atoms with E-state index < -0.39 is 10.0 Å². The van der Waals surface area contributed by atoms with Gasteiger partial charge in [0.1, 0.15) is 4.21 Å². The first-order chi connectivity index (χ1) is 10.6. The second-order valence-corrected chi connectivity index (χ2v) is 8.24. The summed E-state index contributed by atoms with van der Waals surface area (Å²) in [5.74, 6) is 0.642. The predicted octanol–water partition coefficient (Wildman–Crippen LogP) is 1.45. The molecule has 0 bridgehead atoms. The topological polar surface area (TPSA) is 82.6 Å². The lowest BCUT2D eigenvalue weighted by atomic mass is 10.5. The molecule has 0 saturated heterocycles. The molecule has 0 amide bonds. The maximum Gasteiger partial charge on any atom is 0.250 e. The fourth-order valence-corrected chi connectivity index (χ4v) is 4.37. The Balaban J connectivity index is 1.71. The van der Waals surface area contributed by atoms with Crippen molar-refractivity contribution in [1.82, 2.24) is 15.4 Å². The van der Waals surface area contributed by atoms with Gasteiger partial charge in [-0.05, 0) is 22.9 Å². The molecule has 120 valence electrons. The number of rotatable bonds is 7. The summed E-state index contributed by atoms with van der Waals surface area (Å²) in [5.41, 5.74) is 0. The smallest absolute Gasteiger partial charge is 0.250 e. The fourth-order valence-electron chi connectivity index (χ4n) is 1.66. The van der Waals surface area contributed by atoms with E-state index in [1.165, 1.54) is 16.2 Å². The summed E-state index contributed by atoms with van der Waals surface area (Å²) >= 11 is 2.87. The molecular weight excluding hydrogens is 340 g/mol. The van der Waals surface area contributed by atoms with Crippen molar-refractivity contribution in [2.45, 2.75) is 10.8 Å². The third kappa shape index (κ3) is 5.09. The van der Waals surface area contributed by atoms with Crippen molar-refractivity contribution in [1.29, 1.82) is 0 Å². The zero-order valence-corrected chi connectivity index (χ0v) is 14.5. The highest BCUT2D eigenvalue weighted by Crippen LogP contribution is 2.14. The van der Waals surface area contributed by atoms with E-state index in [0.717, 1.165) is 0 Å². The molecule has 9 heteroatoms. The van der Waals surface area contributed by atoms with E-state index in [-0.39, 0.29) is 0 Å². The molecule has 0 unspecified atom stereocenters. The number of sulfonamides is 1. The maximum absolute atomic E-state index is 11.9. The summed E-state index contributed by atoms with van der Waals surface area (Å²) in [6.45, 7) is 1.44. The van der Waals surface area contributed by atoms with Crippen molar-refractivity contribution in [2.24, 2.45) is 4.99 Å². The molecule has 0 atom stereocenters. The van der Waals surface area contributed by atoms with Crippen LogP contribution >= 0.6 is 22.7 Å². The molecule has 2 aromatic heterocycles. The summed E-state index contributed by atoms with van der Waals surface area (Å²) < 4.78 is 26.7. The van der Waals surface area contributed by atoms with Gasteiger partial charge in [0.05, 0.1) is 6.54 Å². The minimum absolute atomic E-state index is 0.292. The Morgan fingerprint density at radius 3 is 2.55 bits per heavy atom. The van der Waals surface area contributed by atoms with E-state index in [4.69, 9.17) is 0 Å². The van der Waals surface area contributed by atoms with Crippen molar-refractivity contribution in [2.75, 3.05) is 20.1 Å². The molecule has 0 aromatic carbocycles. The normalized spacial score (nSPS) is 12.3. The average molecular weight is 359 g/mol. The lowest BCUT2D eigenvalue weighted by Crippen LogP contribution is -2.41. The van der Waals surface area contributed by atoms with Crippen LogP contribution in [0.25, 0.3) is 0 Å². The van der Waals surface area contributed by atoms with E-state index in [2.05, 4.69) is 20.3 Å². The molecule has 0 aliphatic heterocycles. The molecule has 0 spiro atoms. The monoisotopic (exact) mass is 358 g/mol. The van der Waals surface area contributed by atoms with Gasteiger partial charge in [-0.25, -0.2) is 13.1 Å². The molecule has 2 rings (SSSR count). The van der Waals surface area contributed by atoms with Gasteiger partial charge in [-0.2, -0.15) is 0 Å². The van der Waals surface area contributed by atoms with Crippen LogP contribution in [0.4, 0.5) is 0 Å². The van der Waals surface area contributed by atoms with Crippen LogP contribution in [0.2, 0.25) is 0 Å². The minimum Gasteiger partial charge on any atom is -0.355 e. The van der Waals surface area contributed by atoms with Gasteiger partial charge in [0, 0.05) is 25.0 Å². The number of aliphatic imine (C=N–C) groups is 1. The highest BCUT2D eigenvalue weighted by Gasteiger charge is 2.13. The molecule has 3 N–H and O–H groups in total. The Morgan fingerprint density at radius 2 is 1.91 bits per heavy atom. The Bertz CT molecular complexity index is 679. The molecule has 0 saturated carbocycles. The van der Waals surface area contributed by atoms with Crippen LogP contribution in [0, 0.1) is 0 Å². The molecule has 22 heavy (non-hydrogen) atoms.